The van der Waals surface area contributed by atoms with E-state index in [1.165, 1.54) is 19.3 Å². The molecule has 4 heteroatoms. The zero-order chi connectivity index (χ0) is 13.6. The lowest BCUT2D eigenvalue weighted by molar-refractivity contribution is -0.174. The number of likely N-dealkylation sites (tertiary alicyclic amines) is 1. The molecule has 0 aromatic heterocycles. The first kappa shape index (κ1) is 11.7. The SMILES string of the molecule is CC12OC3C(=O)C4CC3C1C4C(=O)N2C1CCCCC1. The molecule has 3 saturated carbocycles. The maximum Gasteiger partial charge on any atom is 0.229 e. The summed E-state index contributed by atoms with van der Waals surface area (Å²) in [5.74, 6) is 0.959. The third kappa shape index (κ3) is 1.08. The smallest absolute Gasteiger partial charge is 0.229 e. The Bertz CT molecular complexity index is 512. The van der Waals surface area contributed by atoms with Gasteiger partial charge in [-0.15, -0.1) is 0 Å². The van der Waals surface area contributed by atoms with Crippen LogP contribution in [-0.2, 0) is 14.3 Å². The summed E-state index contributed by atoms with van der Waals surface area (Å²) in [4.78, 5) is 27.3. The first-order valence-electron chi connectivity index (χ1n) is 8.17. The van der Waals surface area contributed by atoms with Crippen molar-refractivity contribution in [2.75, 3.05) is 0 Å². The number of fused-ring (bicyclic) bond motifs is 2. The average Bonchev–Trinajstić information content (AvgIpc) is 3.08. The second kappa shape index (κ2) is 3.46. The number of carbonyl (C=O) groups excluding carboxylic acids is 2. The minimum absolute atomic E-state index is 0.0297. The molecular weight excluding hydrogens is 254 g/mol. The van der Waals surface area contributed by atoms with E-state index in [4.69, 9.17) is 4.74 Å². The molecule has 2 aliphatic heterocycles. The zero-order valence-corrected chi connectivity index (χ0v) is 11.9. The van der Waals surface area contributed by atoms with Crippen LogP contribution in [0.4, 0.5) is 0 Å². The van der Waals surface area contributed by atoms with Gasteiger partial charge < -0.3 is 9.64 Å². The van der Waals surface area contributed by atoms with Crippen LogP contribution in [0, 0.1) is 23.7 Å². The molecular formula is C16H21NO3. The molecule has 0 radical (unpaired) electrons. The van der Waals surface area contributed by atoms with E-state index in [-0.39, 0.29) is 35.5 Å². The van der Waals surface area contributed by atoms with Gasteiger partial charge in [0.15, 0.2) is 5.78 Å². The highest BCUT2D eigenvalue weighted by Crippen LogP contribution is 2.66. The van der Waals surface area contributed by atoms with Crippen molar-refractivity contribution in [2.24, 2.45) is 23.7 Å². The largest absolute Gasteiger partial charge is 0.344 e. The van der Waals surface area contributed by atoms with Crippen molar-refractivity contribution in [3.63, 3.8) is 0 Å². The number of ether oxygens (including phenoxy) is 1. The van der Waals surface area contributed by atoms with Crippen molar-refractivity contribution in [1.29, 1.82) is 0 Å². The fraction of sp³-hybridized carbons (Fsp3) is 0.875. The topological polar surface area (TPSA) is 46.6 Å². The van der Waals surface area contributed by atoms with Gasteiger partial charge in [-0.2, -0.15) is 0 Å². The Balaban J connectivity index is 1.58. The average molecular weight is 275 g/mol. The lowest BCUT2D eigenvalue weighted by atomic mass is 9.78. The van der Waals surface area contributed by atoms with Crippen LogP contribution in [0.15, 0.2) is 0 Å². The minimum Gasteiger partial charge on any atom is -0.344 e. The lowest BCUT2D eigenvalue weighted by Crippen LogP contribution is -2.53. The Labute approximate surface area is 118 Å². The van der Waals surface area contributed by atoms with Crippen LogP contribution in [0.2, 0.25) is 0 Å². The highest BCUT2D eigenvalue weighted by Gasteiger charge is 2.77. The molecule has 2 bridgehead atoms. The van der Waals surface area contributed by atoms with E-state index in [1.54, 1.807) is 0 Å². The molecule has 6 atom stereocenters. The van der Waals surface area contributed by atoms with Gasteiger partial charge in [0.05, 0.1) is 5.92 Å². The third-order valence-electron chi connectivity index (χ3n) is 6.77. The number of amides is 1. The molecule has 0 aromatic rings. The molecule has 5 fully saturated rings. The van der Waals surface area contributed by atoms with Gasteiger partial charge in [-0.25, -0.2) is 0 Å². The summed E-state index contributed by atoms with van der Waals surface area (Å²) in [5.41, 5.74) is -0.486. The zero-order valence-electron chi connectivity index (χ0n) is 11.9. The normalized spacial score (nSPS) is 53.5. The summed E-state index contributed by atoms with van der Waals surface area (Å²) in [6.45, 7) is 2.08. The van der Waals surface area contributed by atoms with Gasteiger partial charge in [0.2, 0.25) is 5.91 Å². The van der Waals surface area contributed by atoms with Crippen molar-refractivity contribution < 1.29 is 14.3 Å². The van der Waals surface area contributed by atoms with Crippen LogP contribution in [0.1, 0.15) is 45.4 Å². The molecule has 4 nitrogen and oxygen atoms in total. The predicted octanol–water partition coefficient (Wildman–Crippen LogP) is 1.73. The first-order chi connectivity index (χ1) is 9.63. The standard InChI is InChI=1S/C16H21NO3/c1-16-12-10-7-9(13(18)14(10)20-16)11(12)15(19)17(16)8-5-3-2-4-6-8/h8-12,14H,2-7H2,1H3. The van der Waals surface area contributed by atoms with Crippen molar-refractivity contribution in [3.8, 4) is 0 Å². The summed E-state index contributed by atoms with van der Waals surface area (Å²) in [5, 5.41) is 0. The van der Waals surface area contributed by atoms with E-state index < -0.39 is 5.72 Å². The first-order valence-corrected chi connectivity index (χ1v) is 8.17. The quantitative estimate of drug-likeness (QED) is 0.732. The Hall–Kier alpha value is -0.900. The highest BCUT2D eigenvalue weighted by molar-refractivity contribution is 5.98. The molecule has 5 aliphatic rings. The molecule has 2 saturated heterocycles. The van der Waals surface area contributed by atoms with E-state index in [0.29, 0.717) is 12.0 Å². The summed E-state index contributed by atoms with van der Waals surface area (Å²) < 4.78 is 6.22. The molecule has 20 heavy (non-hydrogen) atoms. The minimum atomic E-state index is -0.486. The molecule has 1 amide bonds. The maximum atomic E-state index is 13.0. The Morgan fingerprint density at radius 1 is 1.20 bits per heavy atom. The third-order valence-corrected chi connectivity index (χ3v) is 6.77. The molecule has 5 rings (SSSR count). The van der Waals surface area contributed by atoms with Crippen LogP contribution >= 0.6 is 0 Å². The lowest BCUT2D eigenvalue weighted by Gasteiger charge is -2.42. The number of hydrogen-bond acceptors (Lipinski definition) is 3. The van der Waals surface area contributed by atoms with E-state index in [2.05, 4.69) is 11.8 Å². The van der Waals surface area contributed by atoms with Crippen LogP contribution in [0.25, 0.3) is 0 Å². The van der Waals surface area contributed by atoms with Gasteiger partial charge in [-0.3, -0.25) is 9.59 Å². The van der Waals surface area contributed by atoms with Crippen molar-refractivity contribution in [1.82, 2.24) is 4.90 Å². The summed E-state index contributed by atoms with van der Waals surface area (Å²) in [6.07, 6.45) is 6.64. The van der Waals surface area contributed by atoms with Crippen molar-refractivity contribution in [2.45, 2.75) is 63.3 Å². The fourth-order valence-corrected chi connectivity index (χ4v) is 6.15. The summed E-state index contributed by atoms with van der Waals surface area (Å²) >= 11 is 0. The van der Waals surface area contributed by atoms with Crippen molar-refractivity contribution in [3.05, 3.63) is 0 Å². The number of hydrogen-bond donors (Lipinski definition) is 0. The second-order valence-corrected chi connectivity index (χ2v) is 7.55. The van der Waals surface area contributed by atoms with E-state index >= 15 is 0 Å². The van der Waals surface area contributed by atoms with Gasteiger partial charge >= 0.3 is 0 Å². The number of ketones is 1. The predicted molar refractivity (Wildman–Crippen MR) is 70.6 cm³/mol. The molecule has 2 heterocycles. The number of rotatable bonds is 1. The van der Waals surface area contributed by atoms with Gasteiger partial charge in [-0.05, 0) is 26.2 Å². The van der Waals surface area contributed by atoms with Crippen LogP contribution in [0.5, 0.6) is 0 Å². The van der Waals surface area contributed by atoms with E-state index in [1.807, 2.05) is 0 Å². The summed E-state index contributed by atoms with van der Waals surface area (Å²) in [7, 11) is 0. The Morgan fingerprint density at radius 3 is 2.70 bits per heavy atom. The van der Waals surface area contributed by atoms with Gasteiger partial charge in [0.25, 0.3) is 0 Å². The Morgan fingerprint density at radius 2 is 1.95 bits per heavy atom. The monoisotopic (exact) mass is 275 g/mol. The number of carbonyl (C=O) groups is 2. The molecule has 108 valence electrons. The van der Waals surface area contributed by atoms with Crippen LogP contribution in [-0.4, -0.2) is 34.5 Å². The summed E-state index contributed by atoms with van der Waals surface area (Å²) in [6, 6.07) is 0.347. The van der Waals surface area contributed by atoms with Gasteiger partial charge in [-0.1, -0.05) is 19.3 Å². The Kier molecular flexibility index (Phi) is 2.03. The van der Waals surface area contributed by atoms with Gasteiger partial charge in [0.1, 0.15) is 11.8 Å². The van der Waals surface area contributed by atoms with E-state index in [9.17, 15) is 9.59 Å². The molecule has 6 unspecified atom stereocenters. The fourth-order valence-electron chi connectivity index (χ4n) is 6.15. The van der Waals surface area contributed by atoms with Crippen LogP contribution < -0.4 is 0 Å². The molecule has 0 N–H and O–H groups in total. The second-order valence-electron chi connectivity index (χ2n) is 7.55. The molecule has 3 aliphatic carbocycles. The van der Waals surface area contributed by atoms with E-state index in [0.717, 1.165) is 19.3 Å². The van der Waals surface area contributed by atoms with Gasteiger partial charge in [0, 0.05) is 23.8 Å². The van der Waals surface area contributed by atoms with Crippen molar-refractivity contribution >= 4 is 11.7 Å². The molecule has 0 aromatic carbocycles. The van der Waals surface area contributed by atoms with Crippen LogP contribution in [0.3, 0.4) is 0 Å². The number of Topliss-reactive ketones (excluding diaryl/α,β-unsaturated/α-hetero) is 1. The highest BCUT2D eigenvalue weighted by atomic mass is 16.5. The molecule has 0 spiro atoms. The number of nitrogens with zero attached hydrogens (tertiary/aromatic N) is 1. The maximum absolute atomic E-state index is 13.0.